The zero-order valence-corrected chi connectivity index (χ0v) is 20.9. The molecule has 0 fully saturated rings. The molecule has 0 bridgehead atoms. The van der Waals surface area contributed by atoms with Crippen molar-refractivity contribution in [3.05, 3.63) is 127 Å². The summed E-state index contributed by atoms with van der Waals surface area (Å²) in [6, 6.07) is 44.6. The molecule has 0 radical (unpaired) electrons. The number of fused-ring (bicyclic) bond motifs is 9. The second kappa shape index (κ2) is 7.62. The summed E-state index contributed by atoms with van der Waals surface area (Å²) >= 11 is 0. The highest BCUT2D eigenvalue weighted by Crippen LogP contribution is 2.44. The van der Waals surface area contributed by atoms with E-state index in [2.05, 4.69) is 120 Å². The Hall–Kier alpha value is -5.28. The molecule has 0 atom stereocenters. The molecule has 0 aliphatic rings. The number of nitrogens with zero attached hydrogens (tertiary/aromatic N) is 1. The summed E-state index contributed by atoms with van der Waals surface area (Å²) < 4.78 is 15.2. The summed E-state index contributed by atoms with van der Waals surface area (Å²) in [5, 5.41) is 6.96. The SMILES string of the molecule is c1ccc2c(c1)oc1cccc(-c3cccc4oc5cccc(-n6c7ccccc7c7ccccc76)c5c34)c12. The zero-order chi connectivity index (χ0) is 25.5. The largest absolute Gasteiger partial charge is 0.456 e. The summed E-state index contributed by atoms with van der Waals surface area (Å²) in [5.41, 5.74) is 9.29. The number of aromatic nitrogens is 1. The third kappa shape index (κ3) is 2.76. The highest BCUT2D eigenvalue weighted by atomic mass is 16.3. The van der Waals surface area contributed by atoms with E-state index >= 15 is 0 Å². The molecule has 3 heteroatoms. The van der Waals surface area contributed by atoms with Crippen molar-refractivity contribution < 1.29 is 8.83 Å². The molecule has 3 aromatic heterocycles. The highest BCUT2D eigenvalue weighted by molar-refractivity contribution is 6.21. The van der Waals surface area contributed by atoms with Crippen LogP contribution >= 0.6 is 0 Å². The number of para-hydroxylation sites is 3. The summed E-state index contributed by atoms with van der Waals surface area (Å²) in [7, 11) is 0. The lowest BCUT2D eigenvalue weighted by atomic mass is 9.95. The quantitative estimate of drug-likeness (QED) is 0.237. The van der Waals surface area contributed by atoms with Gasteiger partial charge in [0.2, 0.25) is 0 Å². The fourth-order valence-corrected chi connectivity index (χ4v) is 6.44. The highest BCUT2D eigenvalue weighted by Gasteiger charge is 2.21. The van der Waals surface area contributed by atoms with Gasteiger partial charge in [-0.25, -0.2) is 0 Å². The van der Waals surface area contributed by atoms with Gasteiger partial charge in [0.05, 0.1) is 22.1 Å². The van der Waals surface area contributed by atoms with Crippen LogP contribution in [0.15, 0.2) is 136 Å². The molecular weight excluding hydrogens is 478 g/mol. The van der Waals surface area contributed by atoms with Crippen LogP contribution in [0.25, 0.3) is 82.5 Å². The predicted molar refractivity (Wildman–Crippen MR) is 161 cm³/mol. The Bertz CT molecular complexity index is 2350. The Morgan fingerprint density at radius 3 is 1.56 bits per heavy atom. The molecule has 3 nitrogen and oxygen atoms in total. The fraction of sp³-hybridized carbons (Fsp3) is 0. The standard InChI is InChI=1S/C36H21NO2/c1-4-15-27-22(10-1)23-11-2-5-16-28(23)37(27)29-17-9-21-33-36(29)35-25(14-8-20-32(35)39-33)24-13-7-19-31-34(24)26-12-3-6-18-30(26)38-31/h1-21H. The summed E-state index contributed by atoms with van der Waals surface area (Å²) in [5.74, 6) is 0. The Labute approximate surface area is 223 Å². The van der Waals surface area contributed by atoms with Gasteiger partial charge in [-0.05, 0) is 53.6 Å². The molecular formula is C36H21NO2. The van der Waals surface area contributed by atoms with E-state index in [1.807, 2.05) is 12.1 Å². The van der Waals surface area contributed by atoms with Gasteiger partial charge in [0, 0.05) is 26.9 Å². The maximum Gasteiger partial charge on any atom is 0.137 e. The van der Waals surface area contributed by atoms with Crippen LogP contribution in [0, 0.1) is 0 Å². The number of benzene rings is 6. The van der Waals surface area contributed by atoms with Gasteiger partial charge in [-0.3, -0.25) is 0 Å². The first-order valence-electron chi connectivity index (χ1n) is 13.2. The summed E-state index contributed by atoms with van der Waals surface area (Å²) in [6.45, 7) is 0. The van der Waals surface area contributed by atoms with Gasteiger partial charge in [-0.15, -0.1) is 0 Å². The fourth-order valence-electron chi connectivity index (χ4n) is 6.44. The lowest BCUT2D eigenvalue weighted by molar-refractivity contribution is 0.668. The topological polar surface area (TPSA) is 31.2 Å². The zero-order valence-electron chi connectivity index (χ0n) is 20.9. The first kappa shape index (κ1) is 20.7. The van der Waals surface area contributed by atoms with Crippen LogP contribution in [-0.2, 0) is 0 Å². The Balaban J connectivity index is 1.46. The second-order valence-corrected chi connectivity index (χ2v) is 10.1. The third-order valence-corrected chi connectivity index (χ3v) is 8.01. The molecule has 9 rings (SSSR count). The van der Waals surface area contributed by atoms with Gasteiger partial charge in [0.25, 0.3) is 0 Å². The number of hydrogen-bond donors (Lipinski definition) is 0. The molecule has 0 saturated heterocycles. The molecule has 9 aromatic rings. The third-order valence-electron chi connectivity index (χ3n) is 8.01. The van der Waals surface area contributed by atoms with Crippen LogP contribution in [-0.4, -0.2) is 4.57 Å². The van der Waals surface area contributed by atoms with Crippen LogP contribution in [0.5, 0.6) is 0 Å². The minimum Gasteiger partial charge on any atom is -0.456 e. The van der Waals surface area contributed by atoms with Crippen molar-refractivity contribution in [1.29, 1.82) is 0 Å². The summed E-state index contributed by atoms with van der Waals surface area (Å²) in [4.78, 5) is 0. The van der Waals surface area contributed by atoms with Gasteiger partial charge in [-0.1, -0.05) is 84.9 Å². The Kier molecular flexibility index (Phi) is 4.05. The first-order valence-corrected chi connectivity index (χ1v) is 13.2. The normalized spacial score (nSPS) is 12.1. The lowest BCUT2D eigenvalue weighted by Crippen LogP contribution is -1.94. The van der Waals surface area contributed by atoms with Gasteiger partial charge in [0.1, 0.15) is 22.3 Å². The van der Waals surface area contributed by atoms with Crippen molar-refractivity contribution in [3.8, 4) is 16.8 Å². The van der Waals surface area contributed by atoms with Gasteiger partial charge in [0.15, 0.2) is 0 Å². The second-order valence-electron chi connectivity index (χ2n) is 10.1. The molecule has 0 aliphatic carbocycles. The first-order chi connectivity index (χ1) is 19.4. The van der Waals surface area contributed by atoms with Crippen molar-refractivity contribution in [2.45, 2.75) is 0 Å². The Morgan fingerprint density at radius 2 is 0.846 bits per heavy atom. The van der Waals surface area contributed by atoms with Gasteiger partial charge < -0.3 is 13.4 Å². The van der Waals surface area contributed by atoms with Crippen LogP contribution in [0.1, 0.15) is 0 Å². The van der Waals surface area contributed by atoms with Crippen LogP contribution in [0.4, 0.5) is 0 Å². The van der Waals surface area contributed by atoms with E-state index in [1.165, 1.54) is 21.8 Å². The van der Waals surface area contributed by atoms with E-state index in [9.17, 15) is 0 Å². The van der Waals surface area contributed by atoms with Crippen LogP contribution < -0.4 is 0 Å². The number of rotatable bonds is 2. The smallest absolute Gasteiger partial charge is 0.137 e. The van der Waals surface area contributed by atoms with E-state index in [1.54, 1.807) is 0 Å². The minimum absolute atomic E-state index is 0.875. The molecule has 0 N–H and O–H groups in total. The maximum atomic E-state index is 6.52. The van der Waals surface area contributed by atoms with Crippen molar-refractivity contribution >= 4 is 65.7 Å². The van der Waals surface area contributed by atoms with Gasteiger partial charge >= 0.3 is 0 Å². The molecule has 0 aliphatic heterocycles. The van der Waals surface area contributed by atoms with Crippen molar-refractivity contribution in [3.63, 3.8) is 0 Å². The number of furan rings is 2. The van der Waals surface area contributed by atoms with Crippen molar-refractivity contribution in [2.75, 3.05) is 0 Å². The van der Waals surface area contributed by atoms with Crippen LogP contribution in [0.3, 0.4) is 0 Å². The van der Waals surface area contributed by atoms with E-state index in [0.717, 1.165) is 60.7 Å². The van der Waals surface area contributed by atoms with E-state index in [4.69, 9.17) is 8.83 Å². The average molecular weight is 500 g/mol. The predicted octanol–water partition coefficient (Wildman–Crippen LogP) is 10.2. The monoisotopic (exact) mass is 499 g/mol. The van der Waals surface area contributed by atoms with E-state index in [-0.39, 0.29) is 0 Å². The van der Waals surface area contributed by atoms with E-state index < -0.39 is 0 Å². The average Bonchev–Trinajstić information content (AvgIpc) is 3.66. The molecule has 182 valence electrons. The van der Waals surface area contributed by atoms with Gasteiger partial charge in [-0.2, -0.15) is 0 Å². The number of hydrogen-bond acceptors (Lipinski definition) is 2. The maximum absolute atomic E-state index is 6.52. The molecule has 6 aromatic carbocycles. The molecule has 39 heavy (non-hydrogen) atoms. The minimum atomic E-state index is 0.875. The van der Waals surface area contributed by atoms with E-state index in [0.29, 0.717) is 0 Å². The molecule has 0 saturated carbocycles. The molecule has 0 amide bonds. The summed E-state index contributed by atoms with van der Waals surface area (Å²) in [6.07, 6.45) is 0. The molecule has 3 heterocycles. The molecule has 0 unspecified atom stereocenters. The van der Waals surface area contributed by atoms with Crippen molar-refractivity contribution in [2.24, 2.45) is 0 Å². The molecule has 0 spiro atoms. The van der Waals surface area contributed by atoms with Crippen molar-refractivity contribution in [1.82, 2.24) is 4.57 Å². The van der Waals surface area contributed by atoms with Crippen LogP contribution in [0.2, 0.25) is 0 Å². The Morgan fingerprint density at radius 1 is 0.359 bits per heavy atom. The lowest BCUT2D eigenvalue weighted by Gasteiger charge is -2.11.